The predicted octanol–water partition coefficient (Wildman–Crippen LogP) is 3.71. The second-order valence-corrected chi connectivity index (χ2v) is 9.88. The molecule has 0 aliphatic heterocycles. The first-order valence-electron chi connectivity index (χ1n) is 10.9. The molecular weight excluding hydrogens is 480 g/mol. The smallest absolute Gasteiger partial charge is 0.307 e. The van der Waals surface area contributed by atoms with E-state index >= 15 is 0 Å². The monoisotopic (exact) mass is 502 g/mol. The summed E-state index contributed by atoms with van der Waals surface area (Å²) in [5, 5.41) is 21.6. The summed E-state index contributed by atoms with van der Waals surface area (Å²) in [7, 11) is -4.04. The van der Waals surface area contributed by atoms with Gasteiger partial charge in [0.25, 0.3) is 15.9 Å². The average Bonchev–Trinajstić information content (AvgIpc) is 3.30. The van der Waals surface area contributed by atoms with Gasteiger partial charge in [-0.05, 0) is 47.9 Å². The third-order valence-electron chi connectivity index (χ3n) is 5.61. The summed E-state index contributed by atoms with van der Waals surface area (Å²) < 4.78 is 28.8. The second kappa shape index (κ2) is 9.93. The number of fused-ring (bicyclic) bond motifs is 1. The van der Waals surface area contributed by atoms with Gasteiger partial charge in [-0.2, -0.15) is 5.26 Å². The Morgan fingerprint density at radius 1 is 1.06 bits per heavy atom. The number of benzene rings is 3. The number of nitrogens with zero attached hydrogens (tertiary/aromatic N) is 1. The minimum absolute atomic E-state index is 0.0978. The molecule has 0 aliphatic carbocycles. The first-order chi connectivity index (χ1) is 17.2. The normalized spacial score (nSPS) is 11.1. The van der Waals surface area contributed by atoms with Crippen LogP contribution in [0.2, 0.25) is 0 Å². The van der Waals surface area contributed by atoms with Crippen LogP contribution in [0, 0.1) is 18.3 Å². The number of aromatic nitrogens is 1. The Balaban J connectivity index is 1.52. The Morgan fingerprint density at radius 3 is 2.56 bits per heavy atom. The van der Waals surface area contributed by atoms with Crippen molar-refractivity contribution in [1.82, 2.24) is 10.3 Å². The van der Waals surface area contributed by atoms with E-state index in [2.05, 4.69) is 21.1 Å². The number of carboxylic acid groups (broad SMARTS) is 1. The Labute approximate surface area is 207 Å². The Hall–Kier alpha value is -4.62. The lowest BCUT2D eigenvalue weighted by Crippen LogP contribution is -2.23. The van der Waals surface area contributed by atoms with Crippen molar-refractivity contribution >= 4 is 38.5 Å². The predicted molar refractivity (Wildman–Crippen MR) is 134 cm³/mol. The van der Waals surface area contributed by atoms with Gasteiger partial charge >= 0.3 is 5.97 Å². The fourth-order valence-electron chi connectivity index (χ4n) is 3.91. The van der Waals surface area contributed by atoms with E-state index in [9.17, 15) is 23.3 Å². The summed E-state index contributed by atoms with van der Waals surface area (Å²) in [5.74, 6) is -1.42. The molecule has 4 aromatic rings. The largest absolute Gasteiger partial charge is 0.481 e. The first-order valence-corrected chi connectivity index (χ1v) is 12.4. The maximum atomic E-state index is 13.1. The molecule has 0 saturated carbocycles. The fraction of sp³-hybridized carbons (Fsp3) is 0.115. The van der Waals surface area contributed by atoms with E-state index in [4.69, 9.17) is 5.11 Å². The number of aliphatic carboxylic acids is 1. The minimum atomic E-state index is -4.04. The quantitative estimate of drug-likeness (QED) is 0.288. The van der Waals surface area contributed by atoms with Crippen LogP contribution in [-0.2, 0) is 27.8 Å². The third kappa shape index (κ3) is 5.21. The number of hydrogen-bond donors (Lipinski definition) is 4. The molecule has 10 heteroatoms. The van der Waals surface area contributed by atoms with Crippen LogP contribution in [0.1, 0.15) is 32.6 Å². The molecule has 0 aliphatic rings. The molecule has 1 aromatic heterocycles. The standard InChI is InChI=1S/C26H22N4O5S/c1-16-8-9-22(25-24(16)20(13-27)15-28-25)30-36(34,35)21-7-3-6-19(12-21)26(33)29-14-18-5-2-4-17(10-18)11-23(31)32/h2-10,12,15,28,30H,11,14H2,1H3,(H,29,33)(H,31,32). The van der Waals surface area contributed by atoms with E-state index in [1.165, 1.54) is 30.5 Å². The van der Waals surface area contributed by atoms with Crippen LogP contribution in [0.25, 0.3) is 10.9 Å². The molecule has 0 fully saturated rings. The van der Waals surface area contributed by atoms with E-state index < -0.39 is 21.9 Å². The highest BCUT2D eigenvalue weighted by Crippen LogP contribution is 2.30. The molecule has 1 heterocycles. The van der Waals surface area contributed by atoms with Gasteiger partial charge in [0, 0.05) is 23.7 Å². The van der Waals surface area contributed by atoms with Crippen molar-refractivity contribution in [2.75, 3.05) is 4.72 Å². The van der Waals surface area contributed by atoms with E-state index in [0.717, 1.165) is 11.1 Å². The van der Waals surface area contributed by atoms with Crippen molar-refractivity contribution in [3.63, 3.8) is 0 Å². The van der Waals surface area contributed by atoms with Crippen LogP contribution in [0.4, 0.5) is 5.69 Å². The fourth-order valence-corrected chi connectivity index (χ4v) is 5.03. The molecule has 3 aromatic carbocycles. The van der Waals surface area contributed by atoms with Gasteiger partial charge in [-0.1, -0.05) is 36.4 Å². The summed E-state index contributed by atoms with van der Waals surface area (Å²) in [6.07, 6.45) is 1.40. The van der Waals surface area contributed by atoms with Gasteiger partial charge in [-0.15, -0.1) is 0 Å². The van der Waals surface area contributed by atoms with Crippen molar-refractivity contribution in [2.45, 2.75) is 24.8 Å². The number of nitrogens with one attached hydrogen (secondary N) is 3. The van der Waals surface area contributed by atoms with E-state index in [0.29, 0.717) is 22.0 Å². The van der Waals surface area contributed by atoms with Gasteiger partial charge in [0.1, 0.15) is 6.07 Å². The minimum Gasteiger partial charge on any atom is -0.481 e. The molecule has 0 bridgehead atoms. The number of carboxylic acids is 1. The van der Waals surface area contributed by atoms with Gasteiger partial charge in [0.05, 0.1) is 28.1 Å². The Morgan fingerprint density at radius 2 is 1.81 bits per heavy atom. The molecule has 0 unspecified atom stereocenters. The van der Waals surface area contributed by atoms with E-state index in [-0.39, 0.29) is 29.1 Å². The molecule has 0 radical (unpaired) electrons. The van der Waals surface area contributed by atoms with Crippen LogP contribution in [0.15, 0.2) is 71.8 Å². The van der Waals surface area contributed by atoms with Gasteiger partial charge in [-0.25, -0.2) is 8.42 Å². The van der Waals surface area contributed by atoms with Crippen molar-refractivity contribution in [1.29, 1.82) is 5.26 Å². The molecule has 4 rings (SSSR count). The number of nitriles is 1. The summed E-state index contributed by atoms with van der Waals surface area (Å²) >= 11 is 0. The number of anilines is 1. The molecule has 0 saturated heterocycles. The van der Waals surface area contributed by atoms with Gasteiger partial charge < -0.3 is 15.4 Å². The van der Waals surface area contributed by atoms with E-state index in [1.807, 2.05) is 6.92 Å². The summed E-state index contributed by atoms with van der Waals surface area (Å²) in [4.78, 5) is 26.5. The number of H-pyrrole nitrogens is 1. The lowest BCUT2D eigenvalue weighted by atomic mass is 10.1. The number of hydrogen-bond acceptors (Lipinski definition) is 5. The van der Waals surface area contributed by atoms with Crippen molar-refractivity contribution < 1.29 is 23.1 Å². The Bertz CT molecular complexity index is 1630. The molecule has 9 nitrogen and oxygen atoms in total. The molecular formula is C26H22N4O5S. The SMILES string of the molecule is Cc1ccc(NS(=O)(=O)c2cccc(C(=O)NCc3cccc(CC(=O)O)c3)c2)c2[nH]cc(C#N)c12. The number of amides is 1. The highest BCUT2D eigenvalue weighted by Gasteiger charge is 2.19. The van der Waals surface area contributed by atoms with Crippen molar-refractivity contribution in [3.05, 3.63) is 94.7 Å². The number of carbonyl (C=O) groups excluding carboxylic acids is 1. The second-order valence-electron chi connectivity index (χ2n) is 8.20. The first kappa shape index (κ1) is 24.5. The third-order valence-corrected chi connectivity index (χ3v) is 6.98. The van der Waals surface area contributed by atoms with Gasteiger partial charge in [0.15, 0.2) is 0 Å². The van der Waals surface area contributed by atoms with E-state index in [1.54, 1.807) is 36.4 Å². The highest BCUT2D eigenvalue weighted by atomic mass is 32.2. The van der Waals surface area contributed by atoms with Crippen LogP contribution in [-0.4, -0.2) is 30.4 Å². The maximum absolute atomic E-state index is 13.1. The number of rotatable bonds is 8. The summed E-state index contributed by atoms with van der Waals surface area (Å²) in [6, 6.07) is 17.9. The summed E-state index contributed by atoms with van der Waals surface area (Å²) in [6.45, 7) is 1.98. The number of sulfonamides is 1. The number of aromatic amines is 1. The summed E-state index contributed by atoms with van der Waals surface area (Å²) in [5.41, 5.74) is 3.51. The maximum Gasteiger partial charge on any atom is 0.307 e. The van der Waals surface area contributed by atoms with Crippen LogP contribution in [0.3, 0.4) is 0 Å². The lowest BCUT2D eigenvalue weighted by molar-refractivity contribution is -0.136. The topological polar surface area (TPSA) is 152 Å². The molecule has 4 N–H and O–H groups in total. The van der Waals surface area contributed by atoms with Crippen molar-refractivity contribution in [3.8, 4) is 6.07 Å². The lowest BCUT2D eigenvalue weighted by Gasteiger charge is -2.12. The molecule has 0 spiro atoms. The van der Waals surface area contributed by atoms with Crippen LogP contribution < -0.4 is 10.0 Å². The Kier molecular flexibility index (Phi) is 6.76. The van der Waals surface area contributed by atoms with Crippen LogP contribution >= 0.6 is 0 Å². The molecule has 182 valence electrons. The number of aryl methyl sites for hydroxylation is 1. The average molecular weight is 503 g/mol. The van der Waals surface area contributed by atoms with Gasteiger partial charge in [-0.3, -0.25) is 14.3 Å². The zero-order valence-corrected chi connectivity index (χ0v) is 20.0. The number of carbonyl (C=O) groups is 2. The molecule has 0 atom stereocenters. The zero-order chi connectivity index (χ0) is 25.9. The highest BCUT2D eigenvalue weighted by molar-refractivity contribution is 7.92. The zero-order valence-electron chi connectivity index (χ0n) is 19.2. The molecule has 1 amide bonds. The molecule has 36 heavy (non-hydrogen) atoms. The van der Waals surface area contributed by atoms with Crippen molar-refractivity contribution in [2.24, 2.45) is 0 Å². The van der Waals surface area contributed by atoms with Gasteiger partial charge in [0.2, 0.25) is 0 Å². The van der Waals surface area contributed by atoms with Crippen LogP contribution in [0.5, 0.6) is 0 Å².